The molecular weight excluding hydrogens is 479 g/mol. The lowest BCUT2D eigenvalue weighted by Crippen LogP contribution is -2.57. The highest BCUT2D eigenvalue weighted by Crippen LogP contribution is 2.29. The number of guanidine groups is 1. The van der Waals surface area contributed by atoms with Crippen LogP contribution in [0.3, 0.4) is 0 Å². The third kappa shape index (κ3) is 6.62. The Bertz CT molecular complexity index is 658. The number of nitrogens with one attached hydrogen (secondary N) is 2. The number of ether oxygens (including phenoxy) is 1. The molecule has 0 bridgehead atoms. The average molecular weight is 516 g/mol. The fourth-order valence-corrected chi connectivity index (χ4v) is 4.13. The number of rotatable bonds is 5. The van der Waals surface area contributed by atoms with Gasteiger partial charge in [0.1, 0.15) is 5.75 Å². The van der Waals surface area contributed by atoms with Gasteiger partial charge in [-0.2, -0.15) is 0 Å². The monoisotopic (exact) mass is 516 g/mol. The third-order valence-electron chi connectivity index (χ3n) is 5.90. The van der Waals surface area contributed by atoms with E-state index in [2.05, 4.69) is 56.6 Å². The van der Waals surface area contributed by atoms with Crippen molar-refractivity contribution < 1.29 is 4.74 Å². The maximum absolute atomic E-state index is 5.55. The first-order valence-electron chi connectivity index (χ1n) is 10.3. The molecule has 0 saturated carbocycles. The van der Waals surface area contributed by atoms with E-state index in [4.69, 9.17) is 4.74 Å². The fraction of sp³-hybridized carbons (Fsp3) is 0.667. The lowest BCUT2D eigenvalue weighted by molar-refractivity contribution is 0.116. The van der Waals surface area contributed by atoms with E-state index in [9.17, 15) is 0 Å². The molecular formula is C21H37IN6O. The Hall–Kier alpha value is -1.26. The Kier molecular flexibility index (Phi) is 9.78. The molecule has 2 heterocycles. The number of hydrogen-bond acceptors (Lipinski definition) is 5. The molecule has 2 saturated heterocycles. The summed E-state index contributed by atoms with van der Waals surface area (Å²) in [5.74, 6) is 1.84. The number of aliphatic imine (C=N–C) groups is 1. The molecule has 0 aromatic heterocycles. The normalized spacial score (nSPS) is 24.0. The van der Waals surface area contributed by atoms with Crippen LogP contribution >= 0.6 is 24.0 Å². The lowest BCUT2D eigenvalue weighted by Gasteiger charge is -2.38. The topological polar surface area (TPSA) is 55.4 Å². The number of piperazine rings is 1. The van der Waals surface area contributed by atoms with Gasteiger partial charge >= 0.3 is 0 Å². The molecule has 1 aromatic carbocycles. The highest BCUT2D eigenvalue weighted by molar-refractivity contribution is 14.0. The smallest absolute Gasteiger partial charge is 0.191 e. The van der Waals surface area contributed by atoms with Crippen LogP contribution in [0.4, 0.5) is 5.69 Å². The van der Waals surface area contributed by atoms with Crippen LogP contribution < -0.4 is 20.3 Å². The number of benzene rings is 1. The molecule has 2 atom stereocenters. The van der Waals surface area contributed by atoms with Crippen molar-refractivity contribution in [1.82, 2.24) is 20.4 Å². The number of hydrogen-bond donors (Lipinski definition) is 2. The van der Waals surface area contributed by atoms with E-state index in [1.165, 1.54) is 5.69 Å². The molecule has 1 aromatic rings. The number of nitrogens with zero attached hydrogens (tertiary/aromatic N) is 4. The Labute approximate surface area is 192 Å². The molecule has 164 valence electrons. The Morgan fingerprint density at radius 1 is 1.17 bits per heavy atom. The molecule has 2 aliphatic heterocycles. The zero-order valence-electron chi connectivity index (χ0n) is 18.2. The minimum Gasteiger partial charge on any atom is -0.495 e. The molecule has 2 N–H and O–H groups in total. The molecule has 3 rings (SSSR count). The second-order valence-electron chi connectivity index (χ2n) is 7.95. The number of anilines is 1. The second kappa shape index (κ2) is 11.8. The summed E-state index contributed by atoms with van der Waals surface area (Å²) in [5.41, 5.74) is 1.17. The first-order valence-corrected chi connectivity index (χ1v) is 10.3. The molecule has 8 heteroatoms. The van der Waals surface area contributed by atoms with Crippen molar-refractivity contribution in [2.75, 3.05) is 72.4 Å². The zero-order chi connectivity index (χ0) is 19.9. The first-order chi connectivity index (χ1) is 13.6. The average Bonchev–Trinajstić information content (AvgIpc) is 2.73. The van der Waals surface area contributed by atoms with E-state index in [0.717, 1.165) is 63.8 Å². The largest absolute Gasteiger partial charge is 0.495 e. The number of para-hydroxylation sites is 2. The van der Waals surface area contributed by atoms with E-state index < -0.39 is 0 Å². The van der Waals surface area contributed by atoms with Crippen LogP contribution in [0.2, 0.25) is 0 Å². The van der Waals surface area contributed by atoms with Crippen molar-refractivity contribution in [1.29, 1.82) is 0 Å². The highest BCUT2D eigenvalue weighted by atomic mass is 127. The van der Waals surface area contributed by atoms with Crippen LogP contribution in [0.1, 0.15) is 12.8 Å². The van der Waals surface area contributed by atoms with Gasteiger partial charge in [0.2, 0.25) is 0 Å². The molecule has 0 aliphatic carbocycles. The molecule has 0 amide bonds. The van der Waals surface area contributed by atoms with Crippen LogP contribution in [-0.4, -0.2) is 95.4 Å². The summed E-state index contributed by atoms with van der Waals surface area (Å²) in [6.45, 7) is 6.26. The van der Waals surface area contributed by atoms with Gasteiger partial charge in [-0.1, -0.05) is 12.1 Å². The minimum absolute atomic E-state index is 0. The fourth-order valence-electron chi connectivity index (χ4n) is 4.13. The van der Waals surface area contributed by atoms with E-state index in [0.29, 0.717) is 12.1 Å². The second-order valence-corrected chi connectivity index (χ2v) is 7.95. The van der Waals surface area contributed by atoms with Crippen molar-refractivity contribution >= 4 is 35.6 Å². The van der Waals surface area contributed by atoms with Gasteiger partial charge in [0.05, 0.1) is 12.8 Å². The summed E-state index contributed by atoms with van der Waals surface area (Å²) in [7, 11) is 8.00. The van der Waals surface area contributed by atoms with E-state index in [-0.39, 0.29) is 24.0 Å². The molecule has 2 unspecified atom stereocenters. The predicted octanol–water partition coefficient (Wildman–Crippen LogP) is 1.69. The number of methoxy groups -OCH3 is 1. The molecule has 29 heavy (non-hydrogen) atoms. The lowest BCUT2D eigenvalue weighted by atomic mass is 10.0. The van der Waals surface area contributed by atoms with Crippen LogP contribution in [0.15, 0.2) is 29.3 Å². The van der Waals surface area contributed by atoms with Gasteiger partial charge in [-0.3, -0.25) is 9.89 Å². The summed E-state index contributed by atoms with van der Waals surface area (Å²) in [5, 5.41) is 7.17. The minimum atomic E-state index is 0. The van der Waals surface area contributed by atoms with Crippen LogP contribution in [-0.2, 0) is 0 Å². The molecule has 7 nitrogen and oxygen atoms in total. The number of likely N-dealkylation sites (N-methyl/N-ethyl adjacent to an activating group) is 2. The van der Waals surface area contributed by atoms with Gasteiger partial charge in [-0.15, -0.1) is 24.0 Å². The zero-order valence-corrected chi connectivity index (χ0v) is 20.6. The quantitative estimate of drug-likeness (QED) is 0.353. The van der Waals surface area contributed by atoms with Crippen molar-refractivity contribution in [3.8, 4) is 5.75 Å². The van der Waals surface area contributed by atoms with Gasteiger partial charge in [0.25, 0.3) is 0 Å². The van der Waals surface area contributed by atoms with Gasteiger partial charge in [0, 0.05) is 58.4 Å². The predicted molar refractivity (Wildman–Crippen MR) is 132 cm³/mol. The summed E-state index contributed by atoms with van der Waals surface area (Å²) >= 11 is 0. The Morgan fingerprint density at radius 3 is 2.72 bits per heavy atom. The van der Waals surface area contributed by atoms with E-state index >= 15 is 0 Å². The van der Waals surface area contributed by atoms with Crippen molar-refractivity contribution in [3.05, 3.63) is 24.3 Å². The molecule has 0 radical (unpaired) electrons. The summed E-state index contributed by atoms with van der Waals surface area (Å²) in [6, 6.07) is 9.15. The SMILES string of the molecule is CN=C(NCC1CN(C)CCN1C)NC1CCCN(c2ccccc2OC)C1.I. The van der Waals surface area contributed by atoms with Crippen molar-refractivity contribution in [2.24, 2.45) is 4.99 Å². The summed E-state index contributed by atoms with van der Waals surface area (Å²) < 4.78 is 5.55. The van der Waals surface area contributed by atoms with Crippen molar-refractivity contribution in [2.45, 2.75) is 24.9 Å². The van der Waals surface area contributed by atoms with Crippen LogP contribution in [0.5, 0.6) is 5.75 Å². The van der Waals surface area contributed by atoms with Crippen LogP contribution in [0, 0.1) is 0 Å². The standard InChI is InChI=1S/C21H36N6O.HI/c1-22-21(23-14-18-16-25(2)12-13-26(18)3)24-17-8-7-11-27(15-17)19-9-5-6-10-20(19)28-4;/h5-6,9-10,17-18H,7-8,11-16H2,1-4H3,(H2,22,23,24);1H. The van der Waals surface area contributed by atoms with Gasteiger partial charge < -0.3 is 25.2 Å². The van der Waals surface area contributed by atoms with E-state index in [1.807, 2.05) is 19.2 Å². The molecule has 2 aliphatic rings. The third-order valence-corrected chi connectivity index (χ3v) is 5.90. The molecule has 0 spiro atoms. The first kappa shape index (κ1) is 24.0. The van der Waals surface area contributed by atoms with Crippen molar-refractivity contribution in [3.63, 3.8) is 0 Å². The number of halogens is 1. The Morgan fingerprint density at radius 2 is 1.97 bits per heavy atom. The van der Waals surface area contributed by atoms with Gasteiger partial charge in [0.15, 0.2) is 5.96 Å². The highest BCUT2D eigenvalue weighted by Gasteiger charge is 2.25. The maximum Gasteiger partial charge on any atom is 0.191 e. The Balaban J connectivity index is 0.00000300. The summed E-state index contributed by atoms with van der Waals surface area (Å²) in [6.07, 6.45) is 2.31. The van der Waals surface area contributed by atoms with Gasteiger partial charge in [-0.25, -0.2) is 0 Å². The summed E-state index contributed by atoms with van der Waals surface area (Å²) in [4.78, 5) is 11.7. The van der Waals surface area contributed by atoms with E-state index in [1.54, 1.807) is 7.11 Å². The van der Waals surface area contributed by atoms with Crippen LogP contribution in [0.25, 0.3) is 0 Å². The number of piperidine rings is 1. The maximum atomic E-state index is 5.55. The molecule has 2 fully saturated rings. The van der Waals surface area contributed by atoms with Gasteiger partial charge in [-0.05, 0) is 39.1 Å².